The van der Waals surface area contributed by atoms with Crippen LogP contribution in [0, 0.1) is 11.3 Å². The maximum atomic E-state index is 11.2. The fourth-order valence-electron chi connectivity index (χ4n) is 3.35. The van der Waals surface area contributed by atoms with Crippen LogP contribution < -0.4 is 4.74 Å². The number of hydrogen-bond donors (Lipinski definition) is 1. The molecular weight excluding hydrogens is 300 g/mol. The molecule has 0 aliphatic carbocycles. The second-order valence-electron chi connectivity index (χ2n) is 6.39. The minimum Gasteiger partial charge on any atom is -0.497 e. The quantitative estimate of drug-likeness (QED) is 0.940. The average molecular weight is 322 g/mol. The molecule has 1 atom stereocenters. The van der Waals surface area contributed by atoms with Crippen molar-refractivity contribution in [2.75, 3.05) is 20.2 Å². The van der Waals surface area contributed by atoms with Gasteiger partial charge in [0, 0.05) is 13.1 Å². The first-order valence-corrected chi connectivity index (χ1v) is 8.21. The zero-order chi connectivity index (χ0) is 17.0. The standard InChI is InChI=1S/C20H22N2O2/c1-24-19-5-2-4-18(12-19)20(23)10-3-11-22(15-20)14-17-8-6-16(13-21)7-9-17/h2,4-9,12,23H,3,10-11,14-15H2,1H3. The molecule has 1 saturated heterocycles. The second kappa shape index (κ2) is 7.04. The third-order valence-electron chi connectivity index (χ3n) is 4.65. The Balaban J connectivity index is 1.74. The molecule has 24 heavy (non-hydrogen) atoms. The number of nitriles is 1. The molecule has 1 aliphatic heterocycles. The molecule has 0 amide bonds. The number of hydrogen-bond acceptors (Lipinski definition) is 4. The van der Waals surface area contributed by atoms with Crippen molar-refractivity contribution in [3.63, 3.8) is 0 Å². The van der Waals surface area contributed by atoms with Crippen LogP contribution in [-0.4, -0.2) is 30.2 Å². The maximum absolute atomic E-state index is 11.2. The Hall–Kier alpha value is -2.35. The first kappa shape index (κ1) is 16.5. The Bertz CT molecular complexity index is 736. The third kappa shape index (κ3) is 3.59. The topological polar surface area (TPSA) is 56.5 Å². The van der Waals surface area contributed by atoms with Gasteiger partial charge in [-0.25, -0.2) is 0 Å². The lowest BCUT2D eigenvalue weighted by molar-refractivity contribution is -0.0382. The number of piperidine rings is 1. The Morgan fingerprint density at radius 2 is 2.04 bits per heavy atom. The van der Waals surface area contributed by atoms with Crippen molar-refractivity contribution in [1.29, 1.82) is 5.26 Å². The SMILES string of the molecule is COc1cccc(C2(O)CCCN(Cc3ccc(C#N)cc3)C2)c1. The van der Waals surface area contributed by atoms with E-state index in [0.29, 0.717) is 12.1 Å². The summed E-state index contributed by atoms with van der Waals surface area (Å²) in [7, 11) is 1.64. The van der Waals surface area contributed by atoms with Crippen molar-refractivity contribution in [1.82, 2.24) is 4.90 Å². The zero-order valence-corrected chi connectivity index (χ0v) is 13.9. The number of likely N-dealkylation sites (tertiary alicyclic amines) is 1. The smallest absolute Gasteiger partial charge is 0.119 e. The summed E-state index contributed by atoms with van der Waals surface area (Å²) < 4.78 is 5.28. The molecule has 0 aromatic heterocycles. The fourth-order valence-corrected chi connectivity index (χ4v) is 3.35. The number of benzene rings is 2. The van der Waals surface area contributed by atoms with E-state index in [2.05, 4.69) is 11.0 Å². The fraction of sp³-hybridized carbons (Fsp3) is 0.350. The minimum atomic E-state index is -0.848. The number of nitrogens with zero attached hydrogens (tertiary/aromatic N) is 2. The van der Waals surface area contributed by atoms with Crippen LogP contribution in [-0.2, 0) is 12.1 Å². The summed E-state index contributed by atoms with van der Waals surface area (Å²) in [5.41, 5.74) is 1.89. The monoisotopic (exact) mass is 322 g/mol. The van der Waals surface area contributed by atoms with Crippen LogP contribution in [0.3, 0.4) is 0 Å². The predicted molar refractivity (Wildman–Crippen MR) is 92.6 cm³/mol. The molecule has 4 heteroatoms. The molecule has 1 fully saturated rings. The van der Waals surface area contributed by atoms with Crippen molar-refractivity contribution < 1.29 is 9.84 Å². The Kier molecular flexibility index (Phi) is 4.84. The molecular formula is C20H22N2O2. The molecule has 3 rings (SSSR count). The Morgan fingerprint density at radius 1 is 1.25 bits per heavy atom. The molecule has 2 aromatic carbocycles. The first-order chi connectivity index (χ1) is 11.6. The normalized spacial score (nSPS) is 21.2. The highest BCUT2D eigenvalue weighted by molar-refractivity contribution is 5.34. The summed E-state index contributed by atoms with van der Waals surface area (Å²) >= 11 is 0. The van der Waals surface area contributed by atoms with E-state index in [1.165, 1.54) is 0 Å². The van der Waals surface area contributed by atoms with Crippen LogP contribution in [0.4, 0.5) is 0 Å². The summed E-state index contributed by atoms with van der Waals surface area (Å²) in [6.07, 6.45) is 1.70. The number of rotatable bonds is 4. The molecule has 4 nitrogen and oxygen atoms in total. The van der Waals surface area contributed by atoms with Gasteiger partial charge in [0.1, 0.15) is 11.4 Å². The van der Waals surface area contributed by atoms with Gasteiger partial charge in [0.2, 0.25) is 0 Å². The highest BCUT2D eigenvalue weighted by Crippen LogP contribution is 2.33. The van der Waals surface area contributed by atoms with Gasteiger partial charge in [-0.1, -0.05) is 24.3 Å². The van der Waals surface area contributed by atoms with Crippen molar-refractivity contribution in [3.05, 3.63) is 65.2 Å². The van der Waals surface area contributed by atoms with E-state index in [1.54, 1.807) is 7.11 Å². The Labute approximate surface area is 142 Å². The van der Waals surface area contributed by atoms with Gasteiger partial charge in [-0.2, -0.15) is 5.26 Å². The van der Waals surface area contributed by atoms with Crippen LogP contribution in [0.2, 0.25) is 0 Å². The molecule has 0 bridgehead atoms. The van der Waals surface area contributed by atoms with Gasteiger partial charge < -0.3 is 9.84 Å². The Morgan fingerprint density at radius 3 is 2.75 bits per heavy atom. The number of aliphatic hydroxyl groups is 1. The number of β-amino-alcohol motifs (C(OH)–C–C–N with tert-alkyl or cyclic N) is 1. The molecule has 1 heterocycles. The largest absolute Gasteiger partial charge is 0.497 e. The highest BCUT2D eigenvalue weighted by Gasteiger charge is 2.35. The first-order valence-electron chi connectivity index (χ1n) is 8.21. The van der Waals surface area contributed by atoms with Crippen LogP contribution in [0.15, 0.2) is 48.5 Å². The van der Waals surface area contributed by atoms with Gasteiger partial charge in [-0.3, -0.25) is 4.90 Å². The number of ether oxygens (including phenoxy) is 1. The van der Waals surface area contributed by atoms with Crippen molar-refractivity contribution in [3.8, 4) is 11.8 Å². The van der Waals surface area contributed by atoms with Gasteiger partial charge in [0.25, 0.3) is 0 Å². The van der Waals surface area contributed by atoms with Crippen LogP contribution in [0.25, 0.3) is 0 Å². The van der Waals surface area contributed by atoms with Gasteiger partial charge >= 0.3 is 0 Å². The zero-order valence-electron chi connectivity index (χ0n) is 13.9. The van der Waals surface area contributed by atoms with Crippen molar-refractivity contribution in [2.45, 2.75) is 25.0 Å². The van der Waals surface area contributed by atoms with E-state index in [1.807, 2.05) is 48.5 Å². The lowest BCUT2D eigenvalue weighted by Crippen LogP contribution is -2.45. The molecule has 1 unspecified atom stereocenters. The maximum Gasteiger partial charge on any atom is 0.119 e. The second-order valence-corrected chi connectivity index (χ2v) is 6.39. The molecule has 2 aromatic rings. The number of methoxy groups -OCH3 is 1. The van der Waals surface area contributed by atoms with E-state index in [-0.39, 0.29) is 0 Å². The molecule has 124 valence electrons. The summed E-state index contributed by atoms with van der Waals surface area (Å²) in [4.78, 5) is 2.27. The van der Waals surface area contributed by atoms with Crippen LogP contribution in [0.1, 0.15) is 29.5 Å². The molecule has 1 N–H and O–H groups in total. The predicted octanol–water partition coefficient (Wildman–Crippen LogP) is 3.05. The molecule has 0 radical (unpaired) electrons. The van der Waals surface area contributed by atoms with Gasteiger partial charge in [-0.15, -0.1) is 0 Å². The van der Waals surface area contributed by atoms with Crippen molar-refractivity contribution >= 4 is 0 Å². The average Bonchev–Trinajstić information content (AvgIpc) is 2.62. The third-order valence-corrected chi connectivity index (χ3v) is 4.65. The summed E-state index contributed by atoms with van der Waals surface area (Å²) in [6.45, 7) is 2.34. The van der Waals surface area contributed by atoms with E-state index in [9.17, 15) is 5.11 Å². The van der Waals surface area contributed by atoms with Crippen LogP contribution in [0.5, 0.6) is 5.75 Å². The van der Waals surface area contributed by atoms with Crippen molar-refractivity contribution in [2.24, 2.45) is 0 Å². The van der Waals surface area contributed by atoms with E-state index in [0.717, 1.165) is 42.8 Å². The minimum absolute atomic E-state index is 0.597. The van der Waals surface area contributed by atoms with E-state index >= 15 is 0 Å². The van der Waals surface area contributed by atoms with Gasteiger partial charge in [0.15, 0.2) is 0 Å². The lowest BCUT2D eigenvalue weighted by Gasteiger charge is -2.39. The van der Waals surface area contributed by atoms with Gasteiger partial charge in [0.05, 0.1) is 18.7 Å². The summed E-state index contributed by atoms with van der Waals surface area (Å²) in [5.74, 6) is 0.769. The molecule has 0 saturated carbocycles. The van der Waals surface area contributed by atoms with Crippen LogP contribution >= 0.6 is 0 Å². The lowest BCUT2D eigenvalue weighted by atomic mass is 9.85. The molecule has 0 spiro atoms. The summed E-state index contributed by atoms with van der Waals surface area (Å²) in [6, 6.07) is 17.5. The summed E-state index contributed by atoms with van der Waals surface area (Å²) in [5, 5.41) is 20.0. The molecule has 1 aliphatic rings. The van der Waals surface area contributed by atoms with Gasteiger partial charge in [-0.05, 0) is 54.8 Å². The van der Waals surface area contributed by atoms with E-state index in [4.69, 9.17) is 10.00 Å². The van der Waals surface area contributed by atoms with E-state index < -0.39 is 5.60 Å². The highest BCUT2D eigenvalue weighted by atomic mass is 16.5.